The van der Waals surface area contributed by atoms with E-state index in [2.05, 4.69) is 6.07 Å². The highest BCUT2D eigenvalue weighted by molar-refractivity contribution is 6.34. The minimum absolute atomic E-state index is 0.0711. The molecule has 17 heavy (non-hydrogen) atoms. The average molecular weight is 253 g/mol. The molecule has 0 aromatic heterocycles. The zero-order valence-corrected chi connectivity index (χ0v) is 10.4. The number of hydrogen-bond acceptors (Lipinski definition) is 3. The number of benzene rings is 1. The lowest BCUT2D eigenvalue weighted by molar-refractivity contribution is 0.0697. The summed E-state index contributed by atoms with van der Waals surface area (Å²) < 4.78 is 0. The number of carbonyl (C=O) groups is 1. The molecule has 0 saturated heterocycles. The Hall–Kier alpha value is -1.73. The standard InChI is InChI=1S/C12H13ClN2O2/c1-8(6-14)7-15(2)10-5-3-4-9(13)11(10)12(16)17/h3-5,8H,7H2,1-2H3,(H,16,17). The third-order valence-corrected chi connectivity index (χ3v) is 2.70. The third-order valence-electron chi connectivity index (χ3n) is 2.38. The molecule has 0 radical (unpaired) electrons. The molecule has 1 N–H and O–H groups in total. The molecule has 0 bridgehead atoms. The predicted octanol–water partition coefficient (Wildman–Crippen LogP) is 2.63. The molecule has 5 heteroatoms. The molecule has 1 unspecified atom stereocenters. The fraction of sp³-hybridized carbons (Fsp3) is 0.333. The van der Waals surface area contributed by atoms with Gasteiger partial charge in [0.15, 0.2) is 0 Å². The van der Waals surface area contributed by atoms with E-state index >= 15 is 0 Å². The maximum atomic E-state index is 11.1. The van der Waals surface area contributed by atoms with Gasteiger partial charge in [0, 0.05) is 13.6 Å². The molecular weight excluding hydrogens is 240 g/mol. The average Bonchev–Trinajstić information content (AvgIpc) is 2.27. The van der Waals surface area contributed by atoms with E-state index in [1.54, 1.807) is 31.0 Å². The number of nitriles is 1. The van der Waals surface area contributed by atoms with Crippen LogP contribution in [0.25, 0.3) is 0 Å². The van der Waals surface area contributed by atoms with Gasteiger partial charge < -0.3 is 10.0 Å². The number of hydrogen-bond donors (Lipinski definition) is 1. The number of aromatic carboxylic acids is 1. The van der Waals surface area contributed by atoms with Crippen LogP contribution in [0.15, 0.2) is 18.2 Å². The molecule has 1 aromatic rings. The molecule has 0 heterocycles. The van der Waals surface area contributed by atoms with Crippen LogP contribution in [-0.4, -0.2) is 24.7 Å². The van der Waals surface area contributed by atoms with Crippen LogP contribution in [0, 0.1) is 17.2 Å². The van der Waals surface area contributed by atoms with Gasteiger partial charge in [-0.3, -0.25) is 0 Å². The number of carboxylic acid groups (broad SMARTS) is 1. The first-order chi connectivity index (χ1) is 7.97. The molecule has 1 rings (SSSR count). The second kappa shape index (κ2) is 5.55. The summed E-state index contributed by atoms with van der Waals surface area (Å²) in [4.78, 5) is 12.9. The lowest BCUT2D eigenvalue weighted by Gasteiger charge is -2.22. The van der Waals surface area contributed by atoms with Crippen LogP contribution >= 0.6 is 11.6 Å². The van der Waals surface area contributed by atoms with Crippen molar-refractivity contribution < 1.29 is 9.90 Å². The molecule has 1 atom stereocenters. The van der Waals surface area contributed by atoms with Crippen molar-refractivity contribution in [3.63, 3.8) is 0 Å². The van der Waals surface area contributed by atoms with E-state index in [9.17, 15) is 4.79 Å². The Morgan fingerprint density at radius 3 is 2.82 bits per heavy atom. The SMILES string of the molecule is CC(C#N)CN(C)c1cccc(Cl)c1C(=O)O. The fourth-order valence-corrected chi connectivity index (χ4v) is 1.84. The van der Waals surface area contributed by atoms with E-state index in [0.29, 0.717) is 12.2 Å². The van der Waals surface area contributed by atoms with Crippen LogP contribution in [0.2, 0.25) is 5.02 Å². The van der Waals surface area contributed by atoms with Gasteiger partial charge in [0.25, 0.3) is 0 Å². The van der Waals surface area contributed by atoms with Gasteiger partial charge in [-0.25, -0.2) is 4.79 Å². The molecule has 0 aliphatic heterocycles. The van der Waals surface area contributed by atoms with Crippen molar-refractivity contribution in [2.24, 2.45) is 5.92 Å². The molecular formula is C12H13ClN2O2. The second-order valence-corrected chi connectivity index (χ2v) is 4.26. The zero-order chi connectivity index (χ0) is 13.0. The minimum Gasteiger partial charge on any atom is -0.478 e. The van der Waals surface area contributed by atoms with Crippen molar-refractivity contribution in [3.8, 4) is 6.07 Å². The number of nitrogens with zero attached hydrogens (tertiary/aromatic N) is 2. The van der Waals surface area contributed by atoms with Crippen LogP contribution in [0.5, 0.6) is 0 Å². The van der Waals surface area contributed by atoms with E-state index < -0.39 is 5.97 Å². The Morgan fingerprint density at radius 2 is 2.29 bits per heavy atom. The highest BCUT2D eigenvalue weighted by Gasteiger charge is 2.18. The van der Waals surface area contributed by atoms with Gasteiger partial charge in [-0.2, -0.15) is 5.26 Å². The Balaban J connectivity index is 3.10. The van der Waals surface area contributed by atoms with E-state index in [1.807, 2.05) is 0 Å². The second-order valence-electron chi connectivity index (χ2n) is 3.85. The molecule has 1 aromatic carbocycles. The summed E-state index contributed by atoms with van der Waals surface area (Å²) >= 11 is 5.87. The fourth-order valence-electron chi connectivity index (χ4n) is 1.59. The van der Waals surface area contributed by atoms with E-state index in [-0.39, 0.29) is 16.5 Å². The lowest BCUT2D eigenvalue weighted by atomic mass is 10.1. The summed E-state index contributed by atoms with van der Waals surface area (Å²) in [5.41, 5.74) is 0.592. The van der Waals surface area contributed by atoms with Gasteiger partial charge in [-0.1, -0.05) is 17.7 Å². The molecule has 0 amide bonds. The number of anilines is 1. The summed E-state index contributed by atoms with van der Waals surface area (Å²) in [5.74, 6) is -1.25. The van der Waals surface area contributed by atoms with Crippen molar-refractivity contribution in [2.75, 3.05) is 18.5 Å². The molecule has 0 saturated carbocycles. The number of halogens is 1. The summed E-state index contributed by atoms with van der Waals surface area (Å²) in [5, 5.41) is 18.1. The molecule has 0 fully saturated rings. The number of rotatable bonds is 4. The monoisotopic (exact) mass is 252 g/mol. The Bertz CT molecular complexity index is 468. The van der Waals surface area contributed by atoms with Crippen molar-refractivity contribution in [2.45, 2.75) is 6.92 Å². The Labute approximate surface area is 105 Å². The van der Waals surface area contributed by atoms with E-state index in [1.165, 1.54) is 6.07 Å². The third kappa shape index (κ3) is 3.11. The maximum absolute atomic E-state index is 11.1. The van der Waals surface area contributed by atoms with Crippen molar-refractivity contribution >= 4 is 23.3 Å². The van der Waals surface area contributed by atoms with Crippen LogP contribution in [-0.2, 0) is 0 Å². The summed E-state index contributed by atoms with van der Waals surface area (Å²) in [6.07, 6.45) is 0. The Morgan fingerprint density at radius 1 is 1.65 bits per heavy atom. The zero-order valence-electron chi connectivity index (χ0n) is 9.64. The minimum atomic E-state index is -1.07. The summed E-state index contributed by atoms with van der Waals surface area (Å²) in [6.45, 7) is 2.23. The molecule has 0 spiro atoms. The van der Waals surface area contributed by atoms with Gasteiger partial charge in [0.1, 0.15) is 5.56 Å². The van der Waals surface area contributed by atoms with Gasteiger partial charge in [0.05, 0.1) is 22.7 Å². The highest BCUT2D eigenvalue weighted by Crippen LogP contribution is 2.27. The van der Waals surface area contributed by atoms with Crippen LogP contribution in [0.4, 0.5) is 5.69 Å². The van der Waals surface area contributed by atoms with Crippen molar-refractivity contribution in [1.82, 2.24) is 0 Å². The van der Waals surface area contributed by atoms with Gasteiger partial charge >= 0.3 is 5.97 Å². The van der Waals surface area contributed by atoms with Gasteiger partial charge in [-0.15, -0.1) is 0 Å². The summed E-state index contributed by atoms with van der Waals surface area (Å²) in [7, 11) is 1.74. The molecule has 4 nitrogen and oxygen atoms in total. The largest absolute Gasteiger partial charge is 0.478 e. The molecule has 0 aliphatic rings. The number of carboxylic acids is 1. The summed E-state index contributed by atoms with van der Waals surface area (Å²) in [6, 6.07) is 7.02. The predicted molar refractivity (Wildman–Crippen MR) is 66.5 cm³/mol. The van der Waals surface area contributed by atoms with Crippen LogP contribution in [0.1, 0.15) is 17.3 Å². The first kappa shape index (κ1) is 13.3. The van der Waals surface area contributed by atoms with Crippen molar-refractivity contribution in [1.29, 1.82) is 5.26 Å². The van der Waals surface area contributed by atoms with Gasteiger partial charge in [-0.05, 0) is 19.1 Å². The van der Waals surface area contributed by atoms with Crippen molar-refractivity contribution in [3.05, 3.63) is 28.8 Å². The lowest BCUT2D eigenvalue weighted by Crippen LogP contribution is -2.25. The molecule has 90 valence electrons. The normalized spacial score (nSPS) is 11.6. The maximum Gasteiger partial charge on any atom is 0.339 e. The van der Waals surface area contributed by atoms with Crippen LogP contribution < -0.4 is 4.90 Å². The topological polar surface area (TPSA) is 64.3 Å². The molecule has 0 aliphatic carbocycles. The first-order valence-corrected chi connectivity index (χ1v) is 5.47. The quantitative estimate of drug-likeness (QED) is 0.895. The van der Waals surface area contributed by atoms with E-state index in [0.717, 1.165) is 0 Å². The van der Waals surface area contributed by atoms with Crippen LogP contribution in [0.3, 0.4) is 0 Å². The van der Waals surface area contributed by atoms with E-state index in [4.69, 9.17) is 22.0 Å². The smallest absolute Gasteiger partial charge is 0.339 e. The first-order valence-electron chi connectivity index (χ1n) is 5.10. The van der Waals surface area contributed by atoms with Gasteiger partial charge in [0.2, 0.25) is 0 Å². The highest BCUT2D eigenvalue weighted by atomic mass is 35.5. The Kier molecular flexibility index (Phi) is 4.36.